The van der Waals surface area contributed by atoms with Gasteiger partial charge in [-0.25, -0.2) is 0 Å². The molecule has 2 rings (SSSR count). The molecule has 2 unspecified atom stereocenters. The minimum atomic E-state index is -0.341. The summed E-state index contributed by atoms with van der Waals surface area (Å²) in [5.74, 6) is 0.722. The number of furan rings is 1. The molecule has 0 bridgehead atoms. The standard InChI is InChI=1S/C9H13NO3/c10-4-3-7-6-12-9(13-7)8-2-1-5-11-8/h1-2,5,7,9H,3-4,6,10H2. The van der Waals surface area contributed by atoms with Crippen LogP contribution in [-0.4, -0.2) is 19.3 Å². The maximum Gasteiger partial charge on any atom is 0.217 e. The van der Waals surface area contributed by atoms with Crippen molar-refractivity contribution in [3.8, 4) is 0 Å². The number of ether oxygens (including phenoxy) is 2. The Labute approximate surface area is 76.6 Å². The van der Waals surface area contributed by atoms with Gasteiger partial charge in [-0.15, -0.1) is 0 Å². The van der Waals surface area contributed by atoms with Crippen LogP contribution in [0.25, 0.3) is 0 Å². The van der Waals surface area contributed by atoms with E-state index >= 15 is 0 Å². The molecule has 0 spiro atoms. The summed E-state index contributed by atoms with van der Waals surface area (Å²) >= 11 is 0. The second kappa shape index (κ2) is 3.91. The zero-order valence-corrected chi connectivity index (χ0v) is 7.31. The van der Waals surface area contributed by atoms with Crippen LogP contribution in [0.5, 0.6) is 0 Å². The van der Waals surface area contributed by atoms with Gasteiger partial charge in [-0.1, -0.05) is 0 Å². The van der Waals surface area contributed by atoms with Crippen LogP contribution in [0.3, 0.4) is 0 Å². The van der Waals surface area contributed by atoms with Gasteiger partial charge in [0.2, 0.25) is 6.29 Å². The van der Waals surface area contributed by atoms with E-state index in [1.807, 2.05) is 12.1 Å². The second-order valence-electron chi connectivity index (χ2n) is 3.02. The lowest BCUT2D eigenvalue weighted by Crippen LogP contribution is -2.15. The molecule has 0 aliphatic carbocycles. The molecule has 72 valence electrons. The van der Waals surface area contributed by atoms with E-state index in [1.165, 1.54) is 0 Å². The number of nitrogens with two attached hydrogens (primary N) is 1. The lowest BCUT2D eigenvalue weighted by atomic mass is 10.3. The minimum Gasteiger partial charge on any atom is -0.464 e. The highest BCUT2D eigenvalue weighted by Crippen LogP contribution is 2.27. The van der Waals surface area contributed by atoms with Crippen LogP contribution in [0.1, 0.15) is 18.5 Å². The van der Waals surface area contributed by atoms with Crippen LogP contribution in [0, 0.1) is 0 Å². The lowest BCUT2D eigenvalue weighted by molar-refractivity contribution is -0.0743. The molecule has 1 aliphatic heterocycles. The van der Waals surface area contributed by atoms with E-state index in [0.29, 0.717) is 13.2 Å². The Bertz CT molecular complexity index is 247. The molecule has 2 atom stereocenters. The van der Waals surface area contributed by atoms with Crippen molar-refractivity contribution in [2.45, 2.75) is 18.8 Å². The van der Waals surface area contributed by atoms with Gasteiger partial charge in [0.1, 0.15) is 0 Å². The topological polar surface area (TPSA) is 57.6 Å². The van der Waals surface area contributed by atoms with E-state index in [-0.39, 0.29) is 12.4 Å². The summed E-state index contributed by atoms with van der Waals surface area (Å²) < 4.78 is 16.1. The molecule has 1 fully saturated rings. The fourth-order valence-corrected chi connectivity index (χ4v) is 1.36. The fraction of sp³-hybridized carbons (Fsp3) is 0.556. The van der Waals surface area contributed by atoms with Crippen molar-refractivity contribution in [3.05, 3.63) is 24.2 Å². The van der Waals surface area contributed by atoms with Gasteiger partial charge in [0.05, 0.1) is 19.0 Å². The lowest BCUT2D eigenvalue weighted by Gasteiger charge is -2.07. The minimum absolute atomic E-state index is 0.111. The van der Waals surface area contributed by atoms with Crippen LogP contribution in [0.15, 0.2) is 22.8 Å². The molecule has 13 heavy (non-hydrogen) atoms. The molecule has 2 N–H and O–H groups in total. The molecule has 1 aliphatic rings. The molecular formula is C9H13NO3. The summed E-state index contributed by atoms with van der Waals surface area (Å²) in [4.78, 5) is 0. The molecule has 1 aromatic rings. The van der Waals surface area contributed by atoms with Crippen LogP contribution in [0.4, 0.5) is 0 Å². The molecule has 4 nitrogen and oxygen atoms in total. The zero-order chi connectivity index (χ0) is 9.10. The van der Waals surface area contributed by atoms with Gasteiger partial charge in [0, 0.05) is 0 Å². The van der Waals surface area contributed by atoms with Crippen LogP contribution in [-0.2, 0) is 9.47 Å². The molecule has 0 saturated carbocycles. The van der Waals surface area contributed by atoms with E-state index < -0.39 is 0 Å². The first-order valence-electron chi connectivity index (χ1n) is 4.40. The van der Waals surface area contributed by atoms with Crippen molar-refractivity contribution in [3.63, 3.8) is 0 Å². The molecule has 0 amide bonds. The summed E-state index contributed by atoms with van der Waals surface area (Å²) in [5.41, 5.74) is 5.41. The largest absolute Gasteiger partial charge is 0.464 e. The Morgan fingerprint density at radius 2 is 2.46 bits per heavy atom. The SMILES string of the molecule is NCCC1COC(c2ccco2)O1. The summed E-state index contributed by atoms with van der Waals surface area (Å²) in [5, 5.41) is 0. The molecule has 1 aromatic heterocycles. The monoisotopic (exact) mass is 183 g/mol. The van der Waals surface area contributed by atoms with Gasteiger partial charge >= 0.3 is 0 Å². The van der Waals surface area contributed by atoms with E-state index in [2.05, 4.69) is 0 Å². The van der Waals surface area contributed by atoms with E-state index in [1.54, 1.807) is 6.26 Å². The predicted molar refractivity (Wildman–Crippen MR) is 45.9 cm³/mol. The highest BCUT2D eigenvalue weighted by atomic mass is 16.7. The van der Waals surface area contributed by atoms with Crippen LogP contribution in [0.2, 0.25) is 0 Å². The number of hydrogen-bond acceptors (Lipinski definition) is 4. The normalized spacial score (nSPS) is 28.1. The molecule has 4 heteroatoms. The van der Waals surface area contributed by atoms with E-state index in [0.717, 1.165) is 12.2 Å². The van der Waals surface area contributed by atoms with Gasteiger partial charge in [-0.2, -0.15) is 0 Å². The van der Waals surface area contributed by atoms with Gasteiger partial charge in [0.15, 0.2) is 5.76 Å². The summed E-state index contributed by atoms with van der Waals surface area (Å²) in [6.45, 7) is 1.22. The second-order valence-corrected chi connectivity index (χ2v) is 3.02. The maximum atomic E-state index is 5.55. The first kappa shape index (κ1) is 8.74. The molecule has 1 saturated heterocycles. The first-order valence-corrected chi connectivity index (χ1v) is 4.40. The highest BCUT2D eigenvalue weighted by molar-refractivity contribution is 5.00. The van der Waals surface area contributed by atoms with Gasteiger partial charge < -0.3 is 19.6 Å². The van der Waals surface area contributed by atoms with Crippen LogP contribution >= 0.6 is 0 Å². The Morgan fingerprint density at radius 1 is 1.54 bits per heavy atom. The fourth-order valence-electron chi connectivity index (χ4n) is 1.36. The van der Waals surface area contributed by atoms with Gasteiger partial charge in [0.25, 0.3) is 0 Å². The average Bonchev–Trinajstić information content (AvgIpc) is 2.70. The molecule has 0 aromatic carbocycles. The van der Waals surface area contributed by atoms with Crippen LogP contribution < -0.4 is 5.73 Å². The Kier molecular flexibility index (Phi) is 2.63. The third kappa shape index (κ3) is 1.91. The Morgan fingerprint density at radius 3 is 3.15 bits per heavy atom. The third-order valence-electron chi connectivity index (χ3n) is 2.01. The Balaban J connectivity index is 1.91. The molecule has 0 radical (unpaired) electrons. The Hall–Kier alpha value is -0.840. The molecular weight excluding hydrogens is 170 g/mol. The average molecular weight is 183 g/mol. The van der Waals surface area contributed by atoms with Crippen molar-refractivity contribution in [1.29, 1.82) is 0 Å². The third-order valence-corrected chi connectivity index (χ3v) is 2.01. The van der Waals surface area contributed by atoms with Crippen molar-refractivity contribution >= 4 is 0 Å². The summed E-state index contributed by atoms with van der Waals surface area (Å²) in [7, 11) is 0. The summed E-state index contributed by atoms with van der Waals surface area (Å²) in [6, 6.07) is 3.66. The number of hydrogen-bond donors (Lipinski definition) is 1. The smallest absolute Gasteiger partial charge is 0.217 e. The zero-order valence-electron chi connectivity index (χ0n) is 7.31. The van der Waals surface area contributed by atoms with Crippen molar-refractivity contribution in [2.24, 2.45) is 5.73 Å². The quantitative estimate of drug-likeness (QED) is 0.760. The first-order chi connectivity index (χ1) is 6.40. The predicted octanol–water partition coefficient (Wildman–Crippen LogP) is 1.04. The summed E-state index contributed by atoms with van der Waals surface area (Å²) in [6.07, 6.45) is 2.21. The van der Waals surface area contributed by atoms with Crippen molar-refractivity contribution in [2.75, 3.05) is 13.2 Å². The number of rotatable bonds is 3. The van der Waals surface area contributed by atoms with Crippen molar-refractivity contribution < 1.29 is 13.9 Å². The van der Waals surface area contributed by atoms with Crippen molar-refractivity contribution in [1.82, 2.24) is 0 Å². The van der Waals surface area contributed by atoms with E-state index in [9.17, 15) is 0 Å². The maximum absolute atomic E-state index is 5.55. The molecule has 2 heterocycles. The van der Waals surface area contributed by atoms with Gasteiger partial charge in [-0.3, -0.25) is 0 Å². The van der Waals surface area contributed by atoms with Gasteiger partial charge in [-0.05, 0) is 25.1 Å². The van der Waals surface area contributed by atoms with E-state index in [4.69, 9.17) is 19.6 Å². The highest BCUT2D eigenvalue weighted by Gasteiger charge is 2.28.